The number of hydrogen-bond donors (Lipinski definition) is 1. The molecule has 4 rings (SSSR count). The van der Waals surface area contributed by atoms with Crippen molar-refractivity contribution < 1.29 is 14.4 Å². The largest absolute Gasteiger partial charge is 0.300 e. The Labute approximate surface area is 152 Å². The Morgan fingerprint density at radius 2 is 1.92 bits per heavy atom. The van der Waals surface area contributed by atoms with Crippen molar-refractivity contribution in [1.82, 2.24) is 9.88 Å². The highest BCUT2D eigenvalue weighted by molar-refractivity contribution is 7.16. The summed E-state index contributed by atoms with van der Waals surface area (Å²) in [5, 5.41) is 7.02. The zero-order valence-corrected chi connectivity index (χ0v) is 15.1. The number of hydrogen-bond acceptors (Lipinski definition) is 6. The third-order valence-electron chi connectivity index (χ3n) is 4.76. The molecule has 2 fully saturated rings. The Bertz CT molecular complexity index is 791. The molecule has 130 valence electrons. The number of rotatable bonds is 4. The van der Waals surface area contributed by atoms with Gasteiger partial charge in [-0.25, -0.2) is 4.98 Å². The third-order valence-corrected chi connectivity index (χ3v) is 6.41. The first kappa shape index (κ1) is 16.4. The van der Waals surface area contributed by atoms with Crippen LogP contribution in [0.1, 0.15) is 25.7 Å². The summed E-state index contributed by atoms with van der Waals surface area (Å²) >= 11 is 2.91. The number of nitrogens with one attached hydrogen (secondary N) is 1. The fourth-order valence-electron chi connectivity index (χ4n) is 3.56. The molecule has 3 amide bonds. The number of carbonyl (C=O) groups is 3. The van der Waals surface area contributed by atoms with Gasteiger partial charge in [0.05, 0.1) is 22.4 Å². The fraction of sp³-hybridized carbons (Fsp3) is 0.412. The molecule has 0 aromatic carbocycles. The minimum atomic E-state index is -0.382. The number of anilines is 1. The van der Waals surface area contributed by atoms with E-state index in [4.69, 9.17) is 0 Å². The van der Waals surface area contributed by atoms with Gasteiger partial charge in [0.2, 0.25) is 17.7 Å². The van der Waals surface area contributed by atoms with E-state index in [0.29, 0.717) is 5.13 Å². The van der Waals surface area contributed by atoms with Gasteiger partial charge in [-0.2, -0.15) is 0 Å². The average Bonchev–Trinajstić information content (AvgIpc) is 3.33. The van der Waals surface area contributed by atoms with E-state index in [2.05, 4.69) is 10.3 Å². The monoisotopic (exact) mass is 375 g/mol. The van der Waals surface area contributed by atoms with Crippen LogP contribution in [0.3, 0.4) is 0 Å². The summed E-state index contributed by atoms with van der Waals surface area (Å²) < 4.78 is 0. The Balaban J connectivity index is 1.41. The molecule has 8 heteroatoms. The normalized spacial score (nSPS) is 23.0. The van der Waals surface area contributed by atoms with Crippen LogP contribution in [0.25, 0.3) is 10.6 Å². The van der Waals surface area contributed by atoms with E-state index >= 15 is 0 Å². The SMILES string of the molecule is O=C(CN1C(=O)C2CCCCC2C1=O)Nc1nc(-c2cccs2)cs1. The maximum absolute atomic E-state index is 12.4. The van der Waals surface area contributed by atoms with Crippen LogP contribution in [0.2, 0.25) is 0 Å². The average molecular weight is 375 g/mol. The molecule has 0 bridgehead atoms. The minimum absolute atomic E-state index is 0.191. The lowest BCUT2D eigenvalue weighted by atomic mass is 9.81. The van der Waals surface area contributed by atoms with Crippen molar-refractivity contribution in [3.8, 4) is 10.6 Å². The number of fused-ring (bicyclic) bond motifs is 1. The van der Waals surface area contributed by atoms with Crippen molar-refractivity contribution in [2.75, 3.05) is 11.9 Å². The first-order valence-corrected chi connectivity index (χ1v) is 10.0. The third kappa shape index (κ3) is 3.11. The molecule has 2 aromatic rings. The van der Waals surface area contributed by atoms with Gasteiger partial charge in [0.25, 0.3) is 0 Å². The lowest BCUT2D eigenvalue weighted by molar-refractivity contribution is -0.142. The molecule has 3 heterocycles. The molecule has 2 aliphatic rings. The summed E-state index contributed by atoms with van der Waals surface area (Å²) in [6.07, 6.45) is 3.46. The second-order valence-corrected chi connectivity index (χ2v) is 8.13. The van der Waals surface area contributed by atoms with E-state index in [1.165, 1.54) is 11.3 Å². The molecule has 1 saturated carbocycles. The van der Waals surface area contributed by atoms with Crippen LogP contribution < -0.4 is 5.32 Å². The molecule has 0 spiro atoms. The number of likely N-dealkylation sites (tertiary alicyclic amines) is 1. The van der Waals surface area contributed by atoms with Gasteiger partial charge >= 0.3 is 0 Å². The van der Waals surface area contributed by atoms with Crippen molar-refractivity contribution in [3.63, 3.8) is 0 Å². The van der Waals surface area contributed by atoms with E-state index in [1.54, 1.807) is 11.3 Å². The van der Waals surface area contributed by atoms with Crippen molar-refractivity contribution in [1.29, 1.82) is 0 Å². The Hall–Kier alpha value is -2.06. The van der Waals surface area contributed by atoms with E-state index in [1.807, 2.05) is 22.9 Å². The van der Waals surface area contributed by atoms with E-state index in [0.717, 1.165) is 41.2 Å². The van der Waals surface area contributed by atoms with Gasteiger partial charge in [0, 0.05) is 5.38 Å². The predicted octanol–water partition coefficient (Wildman–Crippen LogP) is 2.99. The summed E-state index contributed by atoms with van der Waals surface area (Å²) in [6, 6.07) is 3.91. The summed E-state index contributed by atoms with van der Waals surface area (Å²) in [6.45, 7) is -0.224. The maximum atomic E-state index is 12.4. The van der Waals surface area contributed by atoms with Gasteiger partial charge in [-0.1, -0.05) is 18.9 Å². The highest BCUT2D eigenvalue weighted by Crippen LogP contribution is 2.38. The predicted molar refractivity (Wildman–Crippen MR) is 96.2 cm³/mol. The van der Waals surface area contributed by atoms with Crippen molar-refractivity contribution in [2.24, 2.45) is 11.8 Å². The number of carbonyl (C=O) groups excluding carboxylic acids is 3. The summed E-state index contributed by atoms with van der Waals surface area (Å²) in [5.74, 6) is -1.21. The number of thiophene rings is 1. The quantitative estimate of drug-likeness (QED) is 0.833. The van der Waals surface area contributed by atoms with Gasteiger partial charge < -0.3 is 5.32 Å². The van der Waals surface area contributed by atoms with Crippen LogP contribution in [-0.2, 0) is 14.4 Å². The standard InChI is InChI=1S/C17H17N3O3S2/c21-14(19-17-18-12(9-25-17)13-6-3-7-24-13)8-20-15(22)10-4-1-2-5-11(10)16(20)23/h3,6-7,9-11H,1-2,4-5,8H2,(H,18,19,21). The van der Waals surface area contributed by atoms with E-state index in [9.17, 15) is 14.4 Å². The maximum Gasteiger partial charge on any atom is 0.246 e. The van der Waals surface area contributed by atoms with Crippen LogP contribution in [0.5, 0.6) is 0 Å². The van der Waals surface area contributed by atoms with Gasteiger partial charge in [-0.05, 0) is 24.3 Å². The molecule has 1 aliphatic heterocycles. The van der Waals surface area contributed by atoms with Gasteiger partial charge in [0.15, 0.2) is 5.13 Å². The van der Waals surface area contributed by atoms with Gasteiger partial charge in [-0.3, -0.25) is 19.3 Å². The number of aromatic nitrogens is 1. The molecule has 1 N–H and O–H groups in total. The Morgan fingerprint density at radius 3 is 2.56 bits per heavy atom. The first-order valence-electron chi connectivity index (χ1n) is 8.28. The van der Waals surface area contributed by atoms with Gasteiger partial charge in [-0.15, -0.1) is 22.7 Å². The highest BCUT2D eigenvalue weighted by Gasteiger charge is 2.48. The van der Waals surface area contributed by atoms with Crippen LogP contribution in [0, 0.1) is 11.8 Å². The second-order valence-electron chi connectivity index (χ2n) is 6.32. The summed E-state index contributed by atoms with van der Waals surface area (Å²) in [7, 11) is 0. The Kier molecular flexibility index (Phi) is 4.39. The molecule has 25 heavy (non-hydrogen) atoms. The smallest absolute Gasteiger partial charge is 0.246 e. The van der Waals surface area contributed by atoms with Crippen molar-refractivity contribution in [2.45, 2.75) is 25.7 Å². The lowest BCUT2D eigenvalue weighted by Crippen LogP contribution is -2.38. The minimum Gasteiger partial charge on any atom is -0.300 e. The van der Waals surface area contributed by atoms with Gasteiger partial charge in [0.1, 0.15) is 6.54 Å². The first-order chi connectivity index (χ1) is 12.1. The Morgan fingerprint density at radius 1 is 1.20 bits per heavy atom. The topological polar surface area (TPSA) is 79.4 Å². The van der Waals surface area contributed by atoms with Crippen molar-refractivity contribution in [3.05, 3.63) is 22.9 Å². The molecule has 2 aromatic heterocycles. The second kappa shape index (κ2) is 6.68. The molecular formula is C17H17N3O3S2. The fourth-order valence-corrected chi connectivity index (χ4v) is 5.05. The van der Waals surface area contributed by atoms with Crippen molar-refractivity contribution >= 4 is 45.5 Å². The molecule has 2 unspecified atom stereocenters. The number of thiazole rings is 1. The van der Waals surface area contributed by atoms with Crippen LogP contribution in [-0.4, -0.2) is 34.2 Å². The lowest BCUT2D eigenvalue weighted by Gasteiger charge is -2.19. The van der Waals surface area contributed by atoms with Crippen LogP contribution in [0.4, 0.5) is 5.13 Å². The molecule has 1 saturated heterocycles. The zero-order chi connectivity index (χ0) is 17.4. The molecular weight excluding hydrogens is 358 g/mol. The molecule has 2 atom stereocenters. The zero-order valence-electron chi connectivity index (χ0n) is 13.4. The molecule has 1 aliphatic carbocycles. The van der Waals surface area contributed by atoms with Crippen LogP contribution in [0.15, 0.2) is 22.9 Å². The summed E-state index contributed by atoms with van der Waals surface area (Å²) in [5.41, 5.74) is 0.814. The van der Waals surface area contributed by atoms with E-state index in [-0.39, 0.29) is 36.1 Å². The van der Waals surface area contributed by atoms with E-state index < -0.39 is 0 Å². The van der Waals surface area contributed by atoms with Crippen LogP contribution >= 0.6 is 22.7 Å². The summed E-state index contributed by atoms with van der Waals surface area (Å²) in [4.78, 5) is 43.6. The molecule has 6 nitrogen and oxygen atoms in total. The number of amides is 3. The molecule has 0 radical (unpaired) electrons. The highest BCUT2D eigenvalue weighted by atomic mass is 32.1. The number of nitrogens with zero attached hydrogens (tertiary/aromatic N) is 2. The number of imide groups is 1.